The van der Waals surface area contributed by atoms with E-state index in [1.165, 1.54) is 25.7 Å². The number of hydrogen-bond acceptors (Lipinski definition) is 2. The molecule has 0 aromatic carbocycles. The van der Waals surface area contributed by atoms with E-state index in [4.69, 9.17) is 5.84 Å². The molecule has 0 radical (unpaired) electrons. The molecule has 1 rings (SSSR count). The molecule has 0 aromatic heterocycles. The van der Waals surface area contributed by atoms with Crippen molar-refractivity contribution in [2.45, 2.75) is 46.5 Å². The molecule has 1 aliphatic carbocycles. The smallest absolute Gasteiger partial charge is 0.205 e. The second-order valence-corrected chi connectivity index (χ2v) is 5.33. The minimum Gasteiger partial charge on any atom is -0.355 e. The summed E-state index contributed by atoms with van der Waals surface area (Å²) in [6.45, 7) is 8.39. The van der Waals surface area contributed by atoms with Crippen LogP contribution in [0.3, 0.4) is 0 Å². The van der Waals surface area contributed by atoms with Crippen LogP contribution >= 0.6 is 0 Å². The SMILES string of the molecule is CCCC1(CN=C(NN)NCC(C)C)CC1. The van der Waals surface area contributed by atoms with Gasteiger partial charge in [-0.1, -0.05) is 27.2 Å². The quantitative estimate of drug-likeness (QED) is 0.279. The van der Waals surface area contributed by atoms with Crippen LogP contribution in [-0.4, -0.2) is 19.0 Å². The van der Waals surface area contributed by atoms with Gasteiger partial charge < -0.3 is 5.32 Å². The van der Waals surface area contributed by atoms with Crippen LogP contribution in [-0.2, 0) is 0 Å². The second kappa shape index (κ2) is 6.09. The van der Waals surface area contributed by atoms with Gasteiger partial charge in [0.15, 0.2) is 0 Å². The fourth-order valence-electron chi connectivity index (χ4n) is 1.89. The zero-order valence-corrected chi connectivity index (χ0v) is 10.8. The van der Waals surface area contributed by atoms with E-state index in [-0.39, 0.29) is 0 Å². The third-order valence-electron chi connectivity index (χ3n) is 3.12. The van der Waals surface area contributed by atoms with E-state index < -0.39 is 0 Å². The van der Waals surface area contributed by atoms with Crippen LogP contribution in [0, 0.1) is 11.3 Å². The molecule has 94 valence electrons. The summed E-state index contributed by atoms with van der Waals surface area (Å²) in [4.78, 5) is 4.54. The number of nitrogens with one attached hydrogen (secondary N) is 2. The summed E-state index contributed by atoms with van der Waals surface area (Å²) in [7, 11) is 0. The van der Waals surface area contributed by atoms with Crippen LogP contribution in [0.2, 0.25) is 0 Å². The van der Waals surface area contributed by atoms with E-state index in [0.29, 0.717) is 11.3 Å². The topological polar surface area (TPSA) is 62.4 Å². The molecular weight excluding hydrogens is 200 g/mol. The predicted octanol–water partition coefficient (Wildman–Crippen LogP) is 1.63. The average molecular weight is 226 g/mol. The molecule has 0 unspecified atom stereocenters. The Labute approximate surface area is 99.1 Å². The van der Waals surface area contributed by atoms with Gasteiger partial charge in [0.05, 0.1) is 0 Å². The molecule has 0 spiro atoms. The predicted molar refractivity (Wildman–Crippen MR) is 69.0 cm³/mol. The summed E-state index contributed by atoms with van der Waals surface area (Å²) >= 11 is 0. The lowest BCUT2D eigenvalue weighted by atomic mass is 10.0. The summed E-state index contributed by atoms with van der Waals surface area (Å²) in [5.74, 6) is 6.77. The minimum absolute atomic E-state index is 0.496. The number of guanidine groups is 1. The highest BCUT2D eigenvalue weighted by atomic mass is 15.3. The molecule has 1 aliphatic rings. The number of hydrazine groups is 1. The second-order valence-electron chi connectivity index (χ2n) is 5.33. The van der Waals surface area contributed by atoms with Crippen molar-refractivity contribution in [2.75, 3.05) is 13.1 Å². The number of nitrogens with two attached hydrogens (primary N) is 1. The molecule has 0 atom stereocenters. The van der Waals surface area contributed by atoms with Crippen LogP contribution in [0.5, 0.6) is 0 Å². The zero-order valence-electron chi connectivity index (χ0n) is 10.8. The Hall–Kier alpha value is -0.770. The molecular formula is C12H26N4. The lowest BCUT2D eigenvalue weighted by Gasteiger charge is -2.14. The standard InChI is InChI=1S/C12H26N4/c1-4-5-12(6-7-12)9-15-11(16-13)14-8-10(2)3/h10H,4-9,13H2,1-3H3,(H2,14,15,16). The number of aliphatic imine (C=N–C) groups is 1. The fourth-order valence-corrected chi connectivity index (χ4v) is 1.89. The third-order valence-corrected chi connectivity index (χ3v) is 3.12. The Bertz CT molecular complexity index is 231. The molecule has 0 heterocycles. The van der Waals surface area contributed by atoms with Crippen molar-refractivity contribution < 1.29 is 0 Å². The van der Waals surface area contributed by atoms with Gasteiger partial charge in [0, 0.05) is 13.1 Å². The van der Waals surface area contributed by atoms with Gasteiger partial charge in [-0.2, -0.15) is 0 Å². The summed E-state index contributed by atoms with van der Waals surface area (Å²) in [6, 6.07) is 0. The fraction of sp³-hybridized carbons (Fsp3) is 0.917. The lowest BCUT2D eigenvalue weighted by Crippen LogP contribution is -2.43. The Balaban J connectivity index is 2.34. The van der Waals surface area contributed by atoms with Gasteiger partial charge in [-0.15, -0.1) is 0 Å². The number of nitrogens with zero attached hydrogens (tertiary/aromatic N) is 1. The maximum absolute atomic E-state index is 5.44. The maximum Gasteiger partial charge on any atom is 0.205 e. The van der Waals surface area contributed by atoms with E-state index in [9.17, 15) is 0 Å². The molecule has 4 nitrogen and oxygen atoms in total. The van der Waals surface area contributed by atoms with Crippen molar-refractivity contribution in [3.63, 3.8) is 0 Å². The molecule has 16 heavy (non-hydrogen) atoms. The molecule has 1 fully saturated rings. The summed E-state index contributed by atoms with van der Waals surface area (Å²) in [6.07, 6.45) is 5.19. The highest BCUT2D eigenvalue weighted by Gasteiger charge is 2.41. The summed E-state index contributed by atoms with van der Waals surface area (Å²) in [5.41, 5.74) is 3.14. The maximum atomic E-state index is 5.44. The Morgan fingerprint density at radius 2 is 2.12 bits per heavy atom. The Morgan fingerprint density at radius 3 is 2.56 bits per heavy atom. The lowest BCUT2D eigenvalue weighted by molar-refractivity contribution is 0.470. The van der Waals surface area contributed by atoms with Gasteiger partial charge in [0.25, 0.3) is 0 Å². The van der Waals surface area contributed by atoms with Gasteiger partial charge in [-0.25, -0.2) is 5.84 Å². The van der Waals surface area contributed by atoms with E-state index in [1.807, 2.05) is 0 Å². The van der Waals surface area contributed by atoms with Crippen LogP contribution in [0.4, 0.5) is 0 Å². The Kier molecular flexibility index (Phi) is 5.06. The van der Waals surface area contributed by atoms with Crippen molar-refractivity contribution >= 4 is 5.96 Å². The molecule has 0 bridgehead atoms. The average Bonchev–Trinajstić information content (AvgIpc) is 2.99. The molecule has 4 N–H and O–H groups in total. The molecule has 1 saturated carbocycles. The van der Waals surface area contributed by atoms with Crippen LogP contribution in [0.15, 0.2) is 4.99 Å². The first kappa shape index (κ1) is 13.3. The van der Waals surface area contributed by atoms with Gasteiger partial charge >= 0.3 is 0 Å². The first-order valence-electron chi connectivity index (χ1n) is 6.37. The van der Waals surface area contributed by atoms with Crippen LogP contribution in [0.25, 0.3) is 0 Å². The number of hydrogen-bond donors (Lipinski definition) is 3. The molecule has 0 aromatic rings. The van der Waals surface area contributed by atoms with E-state index in [1.54, 1.807) is 0 Å². The molecule has 0 amide bonds. The van der Waals surface area contributed by atoms with Gasteiger partial charge in [0.1, 0.15) is 0 Å². The van der Waals surface area contributed by atoms with Gasteiger partial charge in [-0.3, -0.25) is 10.4 Å². The highest BCUT2D eigenvalue weighted by molar-refractivity contribution is 5.79. The zero-order chi connectivity index (χ0) is 12.0. The first-order chi connectivity index (χ1) is 7.62. The highest BCUT2D eigenvalue weighted by Crippen LogP contribution is 2.49. The molecule has 0 aliphatic heterocycles. The van der Waals surface area contributed by atoms with Gasteiger partial charge in [-0.05, 0) is 30.6 Å². The Morgan fingerprint density at radius 1 is 1.44 bits per heavy atom. The van der Waals surface area contributed by atoms with Crippen molar-refractivity contribution in [3.05, 3.63) is 0 Å². The van der Waals surface area contributed by atoms with Crippen molar-refractivity contribution in [2.24, 2.45) is 22.2 Å². The summed E-state index contributed by atoms with van der Waals surface area (Å²) < 4.78 is 0. The minimum atomic E-state index is 0.496. The molecule has 4 heteroatoms. The molecule has 0 saturated heterocycles. The third kappa shape index (κ3) is 4.39. The van der Waals surface area contributed by atoms with Crippen LogP contribution < -0.4 is 16.6 Å². The van der Waals surface area contributed by atoms with Gasteiger partial charge in [0.2, 0.25) is 5.96 Å². The first-order valence-corrected chi connectivity index (χ1v) is 6.37. The van der Waals surface area contributed by atoms with E-state index in [0.717, 1.165) is 19.0 Å². The number of rotatable bonds is 6. The van der Waals surface area contributed by atoms with E-state index in [2.05, 4.69) is 36.5 Å². The van der Waals surface area contributed by atoms with E-state index >= 15 is 0 Å². The largest absolute Gasteiger partial charge is 0.355 e. The summed E-state index contributed by atoms with van der Waals surface area (Å²) in [5, 5.41) is 3.23. The monoisotopic (exact) mass is 226 g/mol. The normalized spacial score (nSPS) is 18.7. The van der Waals surface area contributed by atoms with Crippen molar-refractivity contribution in [3.8, 4) is 0 Å². The van der Waals surface area contributed by atoms with Crippen molar-refractivity contribution in [1.29, 1.82) is 0 Å². The van der Waals surface area contributed by atoms with Crippen LogP contribution in [0.1, 0.15) is 46.5 Å². The van der Waals surface area contributed by atoms with Crippen molar-refractivity contribution in [1.82, 2.24) is 10.7 Å².